The molecule has 0 aliphatic heterocycles. The summed E-state index contributed by atoms with van der Waals surface area (Å²) in [6, 6.07) is 2.50. The Morgan fingerprint density at radius 1 is 1.60 bits per heavy atom. The van der Waals surface area contributed by atoms with Gasteiger partial charge in [0.15, 0.2) is 0 Å². The summed E-state index contributed by atoms with van der Waals surface area (Å²) in [6.07, 6.45) is 5.27. The third-order valence-electron chi connectivity index (χ3n) is 2.87. The lowest BCUT2D eigenvalue weighted by Crippen LogP contribution is -2.22. The first-order valence-electron chi connectivity index (χ1n) is 5.77. The van der Waals surface area contributed by atoms with E-state index in [2.05, 4.69) is 17.6 Å². The predicted octanol–water partition coefficient (Wildman–Crippen LogP) is 4.24. The molecule has 0 bridgehead atoms. The van der Waals surface area contributed by atoms with E-state index in [1.807, 2.05) is 6.07 Å². The third-order valence-corrected chi connectivity index (χ3v) is 4.34. The van der Waals surface area contributed by atoms with Crippen molar-refractivity contribution in [3.63, 3.8) is 0 Å². The van der Waals surface area contributed by atoms with Gasteiger partial charge in [0.1, 0.15) is 0 Å². The number of rotatable bonds is 6. The molecule has 1 heterocycles. The van der Waals surface area contributed by atoms with Crippen molar-refractivity contribution in [2.24, 2.45) is 5.92 Å². The molecule has 1 aromatic heterocycles. The van der Waals surface area contributed by atoms with E-state index in [0.717, 1.165) is 17.5 Å². The van der Waals surface area contributed by atoms with Gasteiger partial charge in [-0.2, -0.15) is 0 Å². The average molecular weight is 244 g/mol. The Kier molecular flexibility index (Phi) is 4.06. The molecule has 1 N–H and O–H groups in total. The van der Waals surface area contributed by atoms with E-state index < -0.39 is 0 Å². The van der Waals surface area contributed by atoms with E-state index in [-0.39, 0.29) is 0 Å². The van der Waals surface area contributed by atoms with Gasteiger partial charge in [-0.3, -0.25) is 0 Å². The normalized spacial score (nSPS) is 18.0. The largest absolute Gasteiger partial charge is 0.309 e. The summed E-state index contributed by atoms with van der Waals surface area (Å²) in [5.74, 6) is 0.942. The molecule has 3 heteroatoms. The first-order valence-corrected chi connectivity index (χ1v) is 7.03. The molecule has 1 fully saturated rings. The van der Waals surface area contributed by atoms with Gasteiger partial charge in [-0.1, -0.05) is 31.4 Å². The van der Waals surface area contributed by atoms with Crippen LogP contribution in [0.2, 0.25) is 5.02 Å². The Bertz CT molecular complexity index is 306. The van der Waals surface area contributed by atoms with Crippen LogP contribution < -0.4 is 5.32 Å². The van der Waals surface area contributed by atoms with Crippen LogP contribution in [0.5, 0.6) is 0 Å². The number of hydrogen-bond donors (Lipinski definition) is 1. The van der Waals surface area contributed by atoms with Gasteiger partial charge in [-0.25, -0.2) is 0 Å². The van der Waals surface area contributed by atoms with Gasteiger partial charge in [0.2, 0.25) is 0 Å². The van der Waals surface area contributed by atoms with Crippen molar-refractivity contribution in [2.75, 3.05) is 6.54 Å². The first-order chi connectivity index (χ1) is 7.31. The van der Waals surface area contributed by atoms with E-state index in [1.165, 1.54) is 30.6 Å². The van der Waals surface area contributed by atoms with Gasteiger partial charge in [0, 0.05) is 10.9 Å². The third kappa shape index (κ3) is 3.20. The molecular weight excluding hydrogens is 226 g/mol. The molecule has 1 aliphatic carbocycles. The van der Waals surface area contributed by atoms with Gasteiger partial charge in [-0.05, 0) is 36.8 Å². The number of hydrogen-bond acceptors (Lipinski definition) is 2. The lowest BCUT2D eigenvalue weighted by molar-refractivity contribution is 0.480. The summed E-state index contributed by atoms with van der Waals surface area (Å²) in [5.41, 5.74) is 0. The summed E-state index contributed by atoms with van der Waals surface area (Å²) in [7, 11) is 0. The average Bonchev–Trinajstić information content (AvgIpc) is 2.95. The molecule has 0 aromatic carbocycles. The molecule has 0 saturated heterocycles. The second-order valence-electron chi connectivity index (χ2n) is 4.32. The minimum Gasteiger partial charge on any atom is -0.309 e. The highest BCUT2D eigenvalue weighted by molar-refractivity contribution is 7.10. The fourth-order valence-electron chi connectivity index (χ4n) is 1.84. The SMILES string of the molecule is CCCNC(CC1CC1)c1sccc1Cl. The fraction of sp³-hybridized carbons (Fsp3) is 0.667. The van der Waals surface area contributed by atoms with E-state index in [1.54, 1.807) is 11.3 Å². The van der Waals surface area contributed by atoms with Crippen LogP contribution in [0, 0.1) is 5.92 Å². The topological polar surface area (TPSA) is 12.0 Å². The molecule has 1 saturated carbocycles. The molecule has 1 unspecified atom stereocenters. The second kappa shape index (κ2) is 5.33. The summed E-state index contributed by atoms with van der Waals surface area (Å²) < 4.78 is 0. The van der Waals surface area contributed by atoms with Gasteiger partial charge in [0.05, 0.1) is 5.02 Å². The van der Waals surface area contributed by atoms with E-state index >= 15 is 0 Å². The van der Waals surface area contributed by atoms with Crippen LogP contribution in [0.25, 0.3) is 0 Å². The van der Waals surface area contributed by atoms with Crippen molar-refractivity contribution in [1.82, 2.24) is 5.32 Å². The predicted molar refractivity (Wildman–Crippen MR) is 67.7 cm³/mol. The molecule has 1 atom stereocenters. The first kappa shape index (κ1) is 11.4. The highest BCUT2D eigenvalue weighted by Gasteiger charge is 2.27. The molecule has 1 aliphatic rings. The molecule has 1 aromatic rings. The Morgan fingerprint density at radius 3 is 2.93 bits per heavy atom. The van der Waals surface area contributed by atoms with Crippen LogP contribution >= 0.6 is 22.9 Å². The van der Waals surface area contributed by atoms with Crippen molar-refractivity contribution in [1.29, 1.82) is 0 Å². The molecule has 84 valence electrons. The van der Waals surface area contributed by atoms with Crippen LogP contribution in [0.1, 0.15) is 43.5 Å². The van der Waals surface area contributed by atoms with Crippen LogP contribution in [0.4, 0.5) is 0 Å². The van der Waals surface area contributed by atoms with Crippen molar-refractivity contribution in [2.45, 2.75) is 38.6 Å². The monoisotopic (exact) mass is 243 g/mol. The molecular formula is C12H18ClNS. The van der Waals surface area contributed by atoms with Crippen molar-refractivity contribution < 1.29 is 0 Å². The molecule has 2 rings (SSSR count). The van der Waals surface area contributed by atoms with Gasteiger partial charge >= 0.3 is 0 Å². The summed E-state index contributed by atoms with van der Waals surface area (Å²) in [6.45, 7) is 3.29. The lowest BCUT2D eigenvalue weighted by Gasteiger charge is -2.17. The Balaban J connectivity index is 1.99. The molecule has 0 spiro atoms. The van der Waals surface area contributed by atoms with E-state index in [4.69, 9.17) is 11.6 Å². The van der Waals surface area contributed by atoms with Gasteiger partial charge in [-0.15, -0.1) is 11.3 Å². The zero-order valence-corrected chi connectivity index (χ0v) is 10.7. The van der Waals surface area contributed by atoms with Crippen LogP contribution in [0.15, 0.2) is 11.4 Å². The van der Waals surface area contributed by atoms with Crippen LogP contribution in [0.3, 0.4) is 0 Å². The minimum absolute atomic E-state index is 0.491. The maximum absolute atomic E-state index is 6.19. The fourth-order valence-corrected chi connectivity index (χ4v) is 3.12. The van der Waals surface area contributed by atoms with E-state index in [0.29, 0.717) is 6.04 Å². The van der Waals surface area contributed by atoms with Gasteiger partial charge < -0.3 is 5.32 Å². The smallest absolute Gasteiger partial charge is 0.0561 e. The zero-order valence-electron chi connectivity index (χ0n) is 9.13. The maximum atomic E-state index is 6.19. The molecule has 15 heavy (non-hydrogen) atoms. The Labute approximate surface area is 101 Å². The lowest BCUT2D eigenvalue weighted by atomic mass is 10.1. The second-order valence-corrected chi connectivity index (χ2v) is 5.67. The van der Waals surface area contributed by atoms with Crippen LogP contribution in [-0.2, 0) is 0 Å². The Morgan fingerprint density at radius 2 is 2.40 bits per heavy atom. The van der Waals surface area contributed by atoms with Crippen molar-refractivity contribution in [3.05, 3.63) is 21.3 Å². The zero-order chi connectivity index (χ0) is 10.7. The van der Waals surface area contributed by atoms with Crippen molar-refractivity contribution >= 4 is 22.9 Å². The van der Waals surface area contributed by atoms with E-state index in [9.17, 15) is 0 Å². The van der Waals surface area contributed by atoms with Gasteiger partial charge in [0.25, 0.3) is 0 Å². The molecule has 0 radical (unpaired) electrons. The highest BCUT2D eigenvalue weighted by Crippen LogP contribution is 2.40. The summed E-state index contributed by atoms with van der Waals surface area (Å²) in [4.78, 5) is 1.33. The number of nitrogens with one attached hydrogen (secondary N) is 1. The Hall–Kier alpha value is -0.0500. The quantitative estimate of drug-likeness (QED) is 0.788. The summed E-state index contributed by atoms with van der Waals surface area (Å²) in [5, 5.41) is 6.64. The molecule has 1 nitrogen and oxygen atoms in total. The minimum atomic E-state index is 0.491. The summed E-state index contributed by atoms with van der Waals surface area (Å²) >= 11 is 7.97. The van der Waals surface area contributed by atoms with Crippen molar-refractivity contribution in [3.8, 4) is 0 Å². The maximum Gasteiger partial charge on any atom is 0.0561 e. The molecule has 0 amide bonds. The highest BCUT2D eigenvalue weighted by atomic mass is 35.5. The number of thiophene rings is 1. The van der Waals surface area contributed by atoms with Crippen LogP contribution in [-0.4, -0.2) is 6.54 Å². The number of halogens is 1. The standard InChI is InChI=1S/C12H18ClNS/c1-2-6-14-11(8-9-3-4-9)12-10(13)5-7-15-12/h5,7,9,11,14H,2-4,6,8H2,1H3.